The first-order valence-corrected chi connectivity index (χ1v) is 6.08. The topological polar surface area (TPSA) is 75.6 Å². The molecule has 0 saturated carbocycles. The highest BCUT2D eigenvalue weighted by Crippen LogP contribution is 2.28. The Bertz CT molecular complexity index is 250. The molecule has 7 nitrogen and oxygen atoms in total. The van der Waals surface area contributed by atoms with Crippen molar-refractivity contribution >= 4 is 0 Å². The standard InChI is InChI=1S/C12H24O7/c1-14-6-7(15-2)8-9(16-3)10(17-4)11(18-5)12(13)19-8/h7-13H,6H2,1-5H3/t7-,8+,9+,10-,11-,12?/m0/s1. The van der Waals surface area contributed by atoms with Gasteiger partial charge in [0.25, 0.3) is 0 Å². The third-order valence-corrected chi connectivity index (χ3v) is 3.37. The zero-order chi connectivity index (χ0) is 14.4. The van der Waals surface area contributed by atoms with Gasteiger partial charge in [-0.3, -0.25) is 0 Å². The van der Waals surface area contributed by atoms with Crippen molar-refractivity contribution in [2.45, 2.75) is 36.8 Å². The van der Waals surface area contributed by atoms with Crippen molar-refractivity contribution in [3.05, 3.63) is 0 Å². The van der Waals surface area contributed by atoms with E-state index in [0.717, 1.165) is 0 Å². The smallest absolute Gasteiger partial charge is 0.184 e. The molecule has 0 spiro atoms. The van der Waals surface area contributed by atoms with Crippen molar-refractivity contribution in [3.8, 4) is 0 Å². The molecule has 0 aromatic heterocycles. The number of hydrogen-bond acceptors (Lipinski definition) is 7. The maximum atomic E-state index is 9.99. The molecule has 19 heavy (non-hydrogen) atoms. The Hall–Kier alpha value is -0.280. The molecule has 0 aromatic rings. The zero-order valence-electron chi connectivity index (χ0n) is 12.1. The van der Waals surface area contributed by atoms with E-state index in [2.05, 4.69) is 0 Å². The number of ether oxygens (including phenoxy) is 6. The van der Waals surface area contributed by atoms with Crippen LogP contribution < -0.4 is 0 Å². The van der Waals surface area contributed by atoms with Crippen LogP contribution in [0.3, 0.4) is 0 Å². The Morgan fingerprint density at radius 3 is 1.95 bits per heavy atom. The van der Waals surface area contributed by atoms with Crippen molar-refractivity contribution in [1.29, 1.82) is 0 Å². The van der Waals surface area contributed by atoms with Crippen LogP contribution in [0.4, 0.5) is 0 Å². The van der Waals surface area contributed by atoms with Crippen LogP contribution in [0, 0.1) is 0 Å². The average Bonchev–Trinajstić information content (AvgIpc) is 2.43. The highest BCUT2D eigenvalue weighted by molar-refractivity contribution is 4.95. The van der Waals surface area contributed by atoms with Crippen LogP contribution in [-0.2, 0) is 28.4 Å². The maximum Gasteiger partial charge on any atom is 0.184 e. The van der Waals surface area contributed by atoms with Gasteiger partial charge in [-0.25, -0.2) is 0 Å². The summed E-state index contributed by atoms with van der Waals surface area (Å²) in [5, 5.41) is 9.99. The fraction of sp³-hybridized carbons (Fsp3) is 1.00. The Morgan fingerprint density at radius 1 is 0.947 bits per heavy atom. The fourth-order valence-corrected chi connectivity index (χ4v) is 2.40. The van der Waals surface area contributed by atoms with Gasteiger partial charge in [-0.05, 0) is 0 Å². The van der Waals surface area contributed by atoms with Gasteiger partial charge in [0.2, 0.25) is 0 Å². The lowest BCUT2D eigenvalue weighted by molar-refractivity contribution is -0.312. The minimum Gasteiger partial charge on any atom is -0.382 e. The Labute approximate surface area is 113 Å². The molecule has 0 radical (unpaired) electrons. The molecule has 7 heteroatoms. The van der Waals surface area contributed by atoms with Crippen LogP contribution in [0.1, 0.15) is 0 Å². The molecule has 0 amide bonds. The summed E-state index contributed by atoms with van der Waals surface area (Å²) in [6, 6.07) is 0. The number of aliphatic hydroxyl groups is 1. The van der Waals surface area contributed by atoms with E-state index in [1.807, 2.05) is 0 Å². The molecule has 0 bridgehead atoms. The van der Waals surface area contributed by atoms with E-state index in [9.17, 15) is 5.11 Å². The highest BCUT2D eigenvalue weighted by Gasteiger charge is 2.49. The van der Waals surface area contributed by atoms with E-state index in [1.54, 1.807) is 21.3 Å². The van der Waals surface area contributed by atoms with Crippen molar-refractivity contribution in [3.63, 3.8) is 0 Å². The van der Waals surface area contributed by atoms with Gasteiger partial charge >= 0.3 is 0 Å². The lowest BCUT2D eigenvalue weighted by Crippen LogP contribution is -2.63. The Kier molecular flexibility index (Phi) is 7.16. The second kappa shape index (κ2) is 8.11. The molecular weight excluding hydrogens is 256 g/mol. The summed E-state index contributed by atoms with van der Waals surface area (Å²) < 4.78 is 32.0. The van der Waals surface area contributed by atoms with Crippen LogP contribution in [0.25, 0.3) is 0 Å². The van der Waals surface area contributed by atoms with Crippen LogP contribution in [0.2, 0.25) is 0 Å². The molecule has 1 saturated heterocycles. The van der Waals surface area contributed by atoms with Gasteiger partial charge in [0, 0.05) is 35.5 Å². The van der Waals surface area contributed by atoms with E-state index in [0.29, 0.717) is 6.61 Å². The fourth-order valence-electron chi connectivity index (χ4n) is 2.40. The minimum atomic E-state index is -1.11. The van der Waals surface area contributed by atoms with Gasteiger partial charge in [-0.2, -0.15) is 0 Å². The second-order valence-electron chi connectivity index (χ2n) is 4.32. The Morgan fingerprint density at radius 2 is 1.53 bits per heavy atom. The highest BCUT2D eigenvalue weighted by atomic mass is 16.7. The quantitative estimate of drug-likeness (QED) is 0.668. The minimum absolute atomic E-state index is 0.321. The molecule has 0 aliphatic carbocycles. The van der Waals surface area contributed by atoms with Crippen molar-refractivity contribution in [2.75, 3.05) is 42.2 Å². The number of aliphatic hydroxyl groups excluding tert-OH is 1. The van der Waals surface area contributed by atoms with Gasteiger partial charge in [0.15, 0.2) is 6.29 Å². The predicted octanol–water partition coefficient (Wildman–Crippen LogP) is -0.590. The molecule has 1 fully saturated rings. The molecule has 114 valence electrons. The first kappa shape index (κ1) is 16.8. The van der Waals surface area contributed by atoms with E-state index < -0.39 is 30.7 Å². The SMILES string of the molecule is COC[C@H](OC)[C@H]1OC(O)[C@@H](OC)[C@@H](OC)[C@@H]1OC. The van der Waals surface area contributed by atoms with Crippen molar-refractivity contribution < 1.29 is 33.5 Å². The molecule has 1 heterocycles. The normalized spacial score (nSPS) is 37.3. The number of rotatable bonds is 7. The third-order valence-electron chi connectivity index (χ3n) is 3.37. The summed E-state index contributed by atoms with van der Waals surface area (Å²) in [6.07, 6.45) is -3.51. The van der Waals surface area contributed by atoms with Crippen LogP contribution in [-0.4, -0.2) is 84.1 Å². The average molecular weight is 280 g/mol. The number of hydrogen-bond donors (Lipinski definition) is 1. The van der Waals surface area contributed by atoms with Gasteiger partial charge in [-0.15, -0.1) is 0 Å². The molecular formula is C12H24O7. The van der Waals surface area contributed by atoms with Gasteiger partial charge in [0.05, 0.1) is 6.61 Å². The molecule has 1 rings (SSSR count). The molecule has 1 N–H and O–H groups in total. The summed E-state index contributed by atoms with van der Waals surface area (Å²) in [4.78, 5) is 0. The maximum absolute atomic E-state index is 9.99. The van der Waals surface area contributed by atoms with E-state index >= 15 is 0 Å². The Balaban J connectivity index is 2.91. The van der Waals surface area contributed by atoms with E-state index in [1.165, 1.54) is 14.2 Å². The van der Waals surface area contributed by atoms with Crippen LogP contribution >= 0.6 is 0 Å². The monoisotopic (exact) mass is 280 g/mol. The summed E-state index contributed by atoms with van der Waals surface area (Å²) >= 11 is 0. The summed E-state index contributed by atoms with van der Waals surface area (Å²) in [5.41, 5.74) is 0. The second-order valence-corrected chi connectivity index (χ2v) is 4.32. The van der Waals surface area contributed by atoms with Crippen LogP contribution in [0.15, 0.2) is 0 Å². The first-order valence-electron chi connectivity index (χ1n) is 6.08. The third kappa shape index (κ3) is 3.63. The molecule has 1 aliphatic heterocycles. The summed E-state index contributed by atoms with van der Waals surface area (Å²) in [7, 11) is 7.70. The predicted molar refractivity (Wildman–Crippen MR) is 65.9 cm³/mol. The number of methoxy groups -OCH3 is 5. The van der Waals surface area contributed by atoms with E-state index in [-0.39, 0.29) is 6.10 Å². The first-order chi connectivity index (χ1) is 9.14. The molecule has 1 aliphatic rings. The summed E-state index contributed by atoms with van der Waals surface area (Å²) in [6.45, 7) is 0.321. The van der Waals surface area contributed by atoms with Gasteiger partial charge in [0.1, 0.15) is 30.5 Å². The van der Waals surface area contributed by atoms with Crippen LogP contribution in [0.5, 0.6) is 0 Å². The zero-order valence-corrected chi connectivity index (χ0v) is 12.1. The molecule has 0 aromatic carbocycles. The lowest BCUT2D eigenvalue weighted by Gasteiger charge is -2.45. The summed E-state index contributed by atoms with van der Waals surface area (Å²) in [5.74, 6) is 0. The molecule has 6 atom stereocenters. The van der Waals surface area contributed by atoms with Gasteiger partial charge in [-0.1, -0.05) is 0 Å². The molecule has 1 unspecified atom stereocenters. The largest absolute Gasteiger partial charge is 0.382 e. The van der Waals surface area contributed by atoms with E-state index in [4.69, 9.17) is 28.4 Å². The lowest BCUT2D eigenvalue weighted by atomic mass is 9.95. The van der Waals surface area contributed by atoms with Gasteiger partial charge < -0.3 is 33.5 Å². The van der Waals surface area contributed by atoms with Crippen molar-refractivity contribution in [2.24, 2.45) is 0 Å². The van der Waals surface area contributed by atoms with Crippen molar-refractivity contribution in [1.82, 2.24) is 0 Å².